The topological polar surface area (TPSA) is 49.8 Å². The van der Waals surface area contributed by atoms with Crippen LogP contribution in [0.4, 0.5) is 4.39 Å². The van der Waals surface area contributed by atoms with Crippen molar-refractivity contribution < 1.29 is 4.39 Å². The smallest absolute Gasteiger partial charge is 0.267 e. The summed E-state index contributed by atoms with van der Waals surface area (Å²) < 4.78 is 14.6. The molecule has 0 unspecified atom stereocenters. The van der Waals surface area contributed by atoms with E-state index in [1.165, 1.54) is 12.1 Å². The van der Waals surface area contributed by atoms with Crippen molar-refractivity contribution in [1.29, 1.82) is 0 Å². The number of nitrogens with one attached hydrogen (secondary N) is 2. The zero-order valence-electron chi connectivity index (χ0n) is 10.5. The highest BCUT2D eigenvalue weighted by molar-refractivity contribution is 5.35. The molecule has 0 amide bonds. The van der Waals surface area contributed by atoms with E-state index in [0.717, 1.165) is 23.5 Å². The summed E-state index contributed by atoms with van der Waals surface area (Å²) >= 11 is 0. The number of aromatic amines is 1. The molecule has 0 spiro atoms. The Morgan fingerprint density at radius 1 is 1.33 bits per heavy atom. The van der Waals surface area contributed by atoms with Gasteiger partial charge in [-0.15, -0.1) is 0 Å². The van der Waals surface area contributed by atoms with Crippen LogP contribution in [0.25, 0.3) is 5.69 Å². The Kier molecular flexibility index (Phi) is 3.62. The summed E-state index contributed by atoms with van der Waals surface area (Å²) in [4.78, 5) is 11.8. The number of H-pyrrole nitrogens is 1. The third-order valence-electron chi connectivity index (χ3n) is 2.97. The molecule has 1 aromatic carbocycles. The van der Waals surface area contributed by atoms with Gasteiger partial charge in [-0.05, 0) is 51.2 Å². The lowest BCUT2D eigenvalue weighted by Crippen LogP contribution is -2.15. The van der Waals surface area contributed by atoms with Crippen LogP contribution < -0.4 is 10.9 Å². The van der Waals surface area contributed by atoms with E-state index >= 15 is 0 Å². The number of likely N-dealkylation sites (N-methyl/N-ethyl adjacent to an activating group) is 1. The molecule has 0 fully saturated rings. The molecule has 0 saturated carbocycles. The van der Waals surface area contributed by atoms with Gasteiger partial charge in [0.2, 0.25) is 0 Å². The fourth-order valence-electron chi connectivity index (χ4n) is 1.94. The predicted molar refractivity (Wildman–Crippen MR) is 68.7 cm³/mol. The molecule has 1 aromatic heterocycles. The number of benzene rings is 1. The van der Waals surface area contributed by atoms with Crippen molar-refractivity contribution in [2.75, 3.05) is 13.6 Å². The first-order valence-electron chi connectivity index (χ1n) is 5.84. The van der Waals surface area contributed by atoms with E-state index in [2.05, 4.69) is 10.4 Å². The van der Waals surface area contributed by atoms with Gasteiger partial charge in [-0.25, -0.2) is 4.39 Å². The fourth-order valence-corrected chi connectivity index (χ4v) is 1.94. The molecule has 2 N–H and O–H groups in total. The second kappa shape index (κ2) is 5.18. The number of aromatic nitrogens is 2. The van der Waals surface area contributed by atoms with E-state index in [1.54, 1.807) is 16.8 Å². The zero-order valence-corrected chi connectivity index (χ0v) is 10.5. The molecule has 0 aliphatic rings. The van der Waals surface area contributed by atoms with Crippen molar-refractivity contribution in [2.45, 2.75) is 13.3 Å². The zero-order chi connectivity index (χ0) is 13.1. The molecule has 96 valence electrons. The summed E-state index contributed by atoms with van der Waals surface area (Å²) in [7, 11) is 1.85. The van der Waals surface area contributed by atoms with Crippen molar-refractivity contribution in [3.05, 3.63) is 51.7 Å². The van der Waals surface area contributed by atoms with Crippen LogP contribution in [-0.2, 0) is 6.42 Å². The Morgan fingerprint density at radius 3 is 2.61 bits per heavy atom. The minimum Gasteiger partial charge on any atom is -0.319 e. The molecule has 2 rings (SSSR count). The van der Waals surface area contributed by atoms with Gasteiger partial charge in [-0.3, -0.25) is 14.6 Å². The van der Waals surface area contributed by atoms with Crippen LogP contribution >= 0.6 is 0 Å². The van der Waals surface area contributed by atoms with Crippen LogP contribution in [0.5, 0.6) is 0 Å². The minimum absolute atomic E-state index is 0.0907. The third kappa shape index (κ3) is 2.36. The monoisotopic (exact) mass is 249 g/mol. The van der Waals surface area contributed by atoms with Crippen LogP contribution in [0.3, 0.4) is 0 Å². The molecule has 18 heavy (non-hydrogen) atoms. The molecule has 0 saturated heterocycles. The fraction of sp³-hybridized carbons (Fsp3) is 0.308. The molecule has 0 aliphatic carbocycles. The first-order chi connectivity index (χ1) is 8.63. The number of rotatable bonds is 4. The Hall–Kier alpha value is -1.88. The molecule has 1 heterocycles. The van der Waals surface area contributed by atoms with Gasteiger partial charge < -0.3 is 5.32 Å². The maximum Gasteiger partial charge on any atom is 0.267 e. The van der Waals surface area contributed by atoms with Gasteiger partial charge in [0.05, 0.1) is 5.69 Å². The second-order valence-electron chi connectivity index (χ2n) is 4.17. The Labute approximate surface area is 104 Å². The second-order valence-corrected chi connectivity index (χ2v) is 4.17. The molecular weight excluding hydrogens is 233 g/mol. The standard InChI is InChI=1S/C13H16FN3O/c1-9-12(7-8-15-2)13(18)16-17(9)11-5-3-10(14)4-6-11/h3-6,15H,7-8H2,1-2H3,(H,16,18). The molecule has 2 aromatic rings. The van der Waals surface area contributed by atoms with Crippen molar-refractivity contribution >= 4 is 0 Å². The largest absolute Gasteiger partial charge is 0.319 e. The summed E-state index contributed by atoms with van der Waals surface area (Å²) in [6.45, 7) is 2.63. The number of halogens is 1. The van der Waals surface area contributed by atoms with E-state index in [9.17, 15) is 9.18 Å². The van der Waals surface area contributed by atoms with Crippen molar-refractivity contribution in [3.63, 3.8) is 0 Å². The SMILES string of the molecule is CNCCc1c(C)n(-c2ccc(F)cc2)[nH]c1=O. The van der Waals surface area contributed by atoms with E-state index in [1.807, 2.05) is 14.0 Å². The van der Waals surface area contributed by atoms with E-state index < -0.39 is 0 Å². The quantitative estimate of drug-likeness (QED) is 0.860. The Morgan fingerprint density at radius 2 is 2.00 bits per heavy atom. The highest BCUT2D eigenvalue weighted by Crippen LogP contribution is 2.12. The van der Waals surface area contributed by atoms with Crippen LogP contribution in [0.1, 0.15) is 11.3 Å². The number of nitrogens with zero attached hydrogens (tertiary/aromatic N) is 1. The van der Waals surface area contributed by atoms with Crippen molar-refractivity contribution in [1.82, 2.24) is 15.1 Å². The lowest BCUT2D eigenvalue weighted by molar-refractivity contribution is 0.627. The summed E-state index contributed by atoms with van der Waals surface area (Å²) in [5, 5.41) is 5.78. The van der Waals surface area contributed by atoms with E-state index in [4.69, 9.17) is 0 Å². The molecule has 0 aliphatic heterocycles. The van der Waals surface area contributed by atoms with Gasteiger partial charge in [-0.1, -0.05) is 0 Å². The highest BCUT2D eigenvalue weighted by Gasteiger charge is 2.11. The van der Waals surface area contributed by atoms with Gasteiger partial charge >= 0.3 is 0 Å². The van der Waals surface area contributed by atoms with Gasteiger partial charge in [0, 0.05) is 11.3 Å². The minimum atomic E-state index is -0.290. The van der Waals surface area contributed by atoms with Crippen LogP contribution in [0.2, 0.25) is 0 Å². The average Bonchev–Trinajstić information content (AvgIpc) is 2.64. The van der Waals surface area contributed by atoms with Gasteiger partial charge in [0.15, 0.2) is 0 Å². The molecule has 0 radical (unpaired) electrons. The maximum atomic E-state index is 12.9. The normalized spacial score (nSPS) is 10.8. The number of hydrogen-bond donors (Lipinski definition) is 2. The molecule has 0 atom stereocenters. The predicted octanol–water partition coefficient (Wildman–Crippen LogP) is 1.38. The average molecular weight is 249 g/mol. The van der Waals surface area contributed by atoms with Crippen LogP contribution in [-0.4, -0.2) is 23.4 Å². The van der Waals surface area contributed by atoms with Crippen LogP contribution in [0, 0.1) is 12.7 Å². The lowest BCUT2D eigenvalue weighted by atomic mass is 10.2. The Bertz CT molecular complexity index is 583. The van der Waals surface area contributed by atoms with Crippen LogP contribution in [0.15, 0.2) is 29.1 Å². The summed E-state index contributed by atoms with van der Waals surface area (Å²) in [5.74, 6) is -0.290. The van der Waals surface area contributed by atoms with Crippen molar-refractivity contribution in [2.24, 2.45) is 0 Å². The first kappa shape index (κ1) is 12.6. The highest BCUT2D eigenvalue weighted by atomic mass is 19.1. The molecule has 4 nitrogen and oxygen atoms in total. The molecule has 5 heteroatoms. The summed E-state index contributed by atoms with van der Waals surface area (Å²) in [5.41, 5.74) is 2.28. The summed E-state index contributed by atoms with van der Waals surface area (Å²) in [6, 6.07) is 6.03. The van der Waals surface area contributed by atoms with Gasteiger partial charge in [0.1, 0.15) is 5.82 Å². The van der Waals surface area contributed by atoms with Gasteiger partial charge in [0.25, 0.3) is 5.56 Å². The lowest BCUT2D eigenvalue weighted by Gasteiger charge is -2.06. The molecular formula is C13H16FN3O. The van der Waals surface area contributed by atoms with Crippen molar-refractivity contribution in [3.8, 4) is 5.69 Å². The summed E-state index contributed by atoms with van der Waals surface area (Å²) in [6.07, 6.45) is 0.672. The van der Waals surface area contributed by atoms with E-state index in [0.29, 0.717) is 6.42 Å². The molecule has 0 bridgehead atoms. The number of hydrogen-bond acceptors (Lipinski definition) is 2. The van der Waals surface area contributed by atoms with Gasteiger partial charge in [-0.2, -0.15) is 0 Å². The Balaban J connectivity index is 2.40. The maximum absolute atomic E-state index is 12.9. The first-order valence-corrected chi connectivity index (χ1v) is 5.84. The van der Waals surface area contributed by atoms with E-state index in [-0.39, 0.29) is 11.4 Å². The third-order valence-corrected chi connectivity index (χ3v) is 2.97.